The quantitative estimate of drug-likeness (QED) is 0.445. The van der Waals surface area contributed by atoms with Gasteiger partial charge in [0.1, 0.15) is 5.75 Å². The third-order valence-corrected chi connectivity index (χ3v) is 4.75. The molecule has 0 saturated carbocycles. The van der Waals surface area contributed by atoms with E-state index in [0.29, 0.717) is 0 Å². The fourth-order valence-electron chi connectivity index (χ4n) is 3.46. The zero-order chi connectivity index (χ0) is 18.1. The second-order valence-corrected chi connectivity index (χ2v) is 6.13. The first-order chi connectivity index (χ1) is 12.7. The van der Waals surface area contributed by atoms with E-state index in [1.54, 1.807) is 21.3 Å². The Kier molecular flexibility index (Phi) is 4.13. The van der Waals surface area contributed by atoms with Gasteiger partial charge in [0.15, 0.2) is 11.5 Å². The van der Waals surface area contributed by atoms with Crippen LogP contribution in [0.2, 0.25) is 0 Å². The normalized spacial score (nSPS) is 10.9. The van der Waals surface area contributed by atoms with Crippen molar-refractivity contribution < 1.29 is 14.2 Å². The van der Waals surface area contributed by atoms with Crippen LogP contribution in [0.25, 0.3) is 32.7 Å². The standard InChI is InChI=1S/C23H20O3/c1-24-17-9-6-8-15(11-17)19-12-16-7-4-5-10-18(16)20-13-22(25-2)23(26-3)14-21(19)20/h4-14H,1-3H3. The highest BCUT2D eigenvalue weighted by atomic mass is 16.5. The Morgan fingerprint density at radius 1 is 0.577 bits per heavy atom. The lowest BCUT2D eigenvalue weighted by Gasteiger charge is -2.15. The molecule has 0 spiro atoms. The van der Waals surface area contributed by atoms with E-state index in [2.05, 4.69) is 54.6 Å². The number of ether oxygens (including phenoxy) is 3. The molecule has 0 aliphatic carbocycles. The third-order valence-electron chi connectivity index (χ3n) is 4.75. The monoisotopic (exact) mass is 344 g/mol. The van der Waals surface area contributed by atoms with Crippen LogP contribution in [-0.4, -0.2) is 21.3 Å². The van der Waals surface area contributed by atoms with Crippen LogP contribution >= 0.6 is 0 Å². The van der Waals surface area contributed by atoms with Crippen LogP contribution in [-0.2, 0) is 0 Å². The first-order valence-electron chi connectivity index (χ1n) is 8.47. The van der Waals surface area contributed by atoms with Gasteiger partial charge in [0.2, 0.25) is 0 Å². The van der Waals surface area contributed by atoms with Crippen molar-refractivity contribution in [1.29, 1.82) is 0 Å². The van der Waals surface area contributed by atoms with Crippen LogP contribution in [0.5, 0.6) is 17.2 Å². The van der Waals surface area contributed by atoms with Crippen LogP contribution < -0.4 is 14.2 Å². The van der Waals surface area contributed by atoms with Gasteiger partial charge in [-0.1, -0.05) is 36.4 Å². The van der Waals surface area contributed by atoms with E-state index in [1.807, 2.05) is 12.1 Å². The van der Waals surface area contributed by atoms with Gasteiger partial charge in [0, 0.05) is 0 Å². The summed E-state index contributed by atoms with van der Waals surface area (Å²) in [5.74, 6) is 2.29. The van der Waals surface area contributed by atoms with Gasteiger partial charge >= 0.3 is 0 Å². The number of hydrogen-bond donors (Lipinski definition) is 0. The average molecular weight is 344 g/mol. The molecule has 4 rings (SSSR count). The van der Waals surface area contributed by atoms with Crippen molar-refractivity contribution in [3.05, 3.63) is 66.7 Å². The minimum atomic E-state index is 0.722. The second kappa shape index (κ2) is 6.60. The van der Waals surface area contributed by atoms with Gasteiger partial charge in [-0.3, -0.25) is 0 Å². The molecule has 0 radical (unpaired) electrons. The molecule has 0 bridgehead atoms. The number of fused-ring (bicyclic) bond motifs is 3. The lowest BCUT2D eigenvalue weighted by molar-refractivity contribution is 0.356. The Bertz CT molecular complexity index is 1100. The van der Waals surface area contributed by atoms with Crippen molar-refractivity contribution in [2.75, 3.05) is 21.3 Å². The summed E-state index contributed by atoms with van der Waals surface area (Å²) in [5.41, 5.74) is 2.24. The maximum Gasteiger partial charge on any atom is 0.161 e. The Hall–Kier alpha value is -3.20. The molecule has 0 aliphatic rings. The van der Waals surface area contributed by atoms with E-state index >= 15 is 0 Å². The zero-order valence-electron chi connectivity index (χ0n) is 15.1. The summed E-state index contributed by atoms with van der Waals surface area (Å²) in [5, 5.41) is 4.63. The van der Waals surface area contributed by atoms with Gasteiger partial charge in [-0.05, 0) is 63.0 Å². The molecular formula is C23H20O3. The van der Waals surface area contributed by atoms with E-state index in [-0.39, 0.29) is 0 Å². The third kappa shape index (κ3) is 2.62. The van der Waals surface area contributed by atoms with Crippen LogP contribution in [0.1, 0.15) is 0 Å². The predicted octanol–water partition coefficient (Wildman–Crippen LogP) is 5.69. The molecule has 0 unspecified atom stereocenters. The molecule has 0 fully saturated rings. The molecule has 3 nitrogen and oxygen atoms in total. The minimum absolute atomic E-state index is 0.722. The maximum atomic E-state index is 5.54. The fraction of sp³-hybridized carbons (Fsp3) is 0.130. The summed E-state index contributed by atoms with van der Waals surface area (Å²) in [7, 11) is 5.01. The summed E-state index contributed by atoms with van der Waals surface area (Å²) in [4.78, 5) is 0. The number of hydrogen-bond acceptors (Lipinski definition) is 3. The summed E-state index contributed by atoms with van der Waals surface area (Å²) in [6.07, 6.45) is 0. The van der Waals surface area contributed by atoms with Gasteiger partial charge in [0.05, 0.1) is 21.3 Å². The molecule has 0 heterocycles. The van der Waals surface area contributed by atoms with Gasteiger partial charge in [0.25, 0.3) is 0 Å². The van der Waals surface area contributed by atoms with Gasteiger partial charge in [-0.15, -0.1) is 0 Å². The predicted molar refractivity (Wildman–Crippen MR) is 107 cm³/mol. The van der Waals surface area contributed by atoms with Crippen LogP contribution in [0, 0.1) is 0 Å². The Labute approximate surface area is 152 Å². The molecule has 4 aromatic carbocycles. The molecule has 26 heavy (non-hydrogen) atoms. The molecule has 4 aromatic rings. The van der Waals surface area contributed by atoms with Crippen molar-refractivity contribution >= 4 is 21.5 Å². The Balaban J connectivity index is 2.13. The Morgan fingerprint density at radius 3 is 2.04 bits per heavy atom. The van der Waals surface area contributed by atoms with Gasteiger partial charge in [-0.25, -0.2) is 0 Å². The molecule has 0 aliphatic heterocycles. The first-order valence-corrected chi connectivity index (χ1v) is 8.47. The summed E-state index contributed by atoms with van der Waals surface area (Å²) >= 11 is 0. The first kappa shape index (κ1) is 16.3. The number of rotatable bonds is 4. The lowest BCUT2D eigenvalue weighted by atomic mass is 9.93. The van der Waals surface area contributed by atoms with Crippen LogP contribution in [0.4, 0.5) is 0 Å². The molecule has 0 aromatic heterocycles. The summed E-state index contributed by atoms with van der Waals surface area (Å²) < 4.78 is 16.5. The highest BCUT2D eigenvalue weighted by Crippen LogP contribution is 2.41. The largest absolute Gasteiger partial charge is 0.497 e. The van der Waals surface area contributed by atoms with Crippen molar-refractivity contribution in [3.63, 3.8) is 0 Å². The summed E-state index contributed by atoms with van der Waals surface area (Å²) in [6.45, 7) is 0. The number of methoxy groups -OCH3 is 3. The van der Waals surface area contributed by atoms with E-state index in [0.717, 1.165) is 39.1 Å². The van der Waals surface area contributed by atoms with Crippen molar-refractivity contribution in [1.82, 2.24) is 0 Å². The molecule has 0 N–H and O–H groups in total. The molecule has 0 saturated heterocycles. The average Bonchev–Trinajstić information content (AvgIpc) is 2.72. The highest BCUT2D eigenvalue weighted by molar-refractivity contribution is 6.14. The van der Waals surface area contributed by atoms with E-state index in [1.165, 1.54) is 10.8 Å². The molecule has 0 amide bonds. The van der Waals surface area contributed by atoms with Crippen molar-refractivity contribution in [2.45, 2.75) is 0 Å². The molecule has 3 heteroatoms. The maximum absolute atomic E-state index is 5.54. The fourth-order valence-corrected chi connectivity index (χ4v) is 3.46. The van der Waals surface area contributed by atoms with Crippen molar-refractivity contribution in [3.8, 4) is 28.4 Å². The van der Waals surface area contributed by atoms with Crippen molar-refractivity contribution in [2.24, 2.45) is 0 Å². The summed E-state index contributed by atoms with van der Waals surface area (Å²) in [6, 6.07) is 22.8. The van der Waals surface area contributed by atoms with E-state index < -0.39 is 0 Å². The number of benzene rings is 4. The minimum Gasteiger partial charge on any atom is -0.497 e. The lowest BCUT2D eigenvalue weighted by Crippen LogP contribution is -1.92. The van der Waals surface area contributed by atoms with E-state index in [9.17, 15) is 0 Å². The van der Waals surface area contributed by atoms with E-state index in [4.69, 9.17) is 14.2 Å². The zero-order valence-corrected chi connectivity index (χ0v) is 15.1. The smallest absolute Gasteiger partial charge is 0.161 e. The topological polar surface area (TPSA) is 27.7 Å². The van der Waals surface area contributed by atoms with Crippen LogP contribution in [0.15, 0.2) is 66.7 Å². The second-order valence-electron chi connectivity index (χ2n) is 6.13. The SMILES string of the molecule is COc1cccc(-c2cc3ccccc3c3cc(OC)c(OC)cc23)c1. The van der Waals surface area contributed by atoms with Gasteiger partial charge < -0.3 is 14.2 Å². The molecule has 130 valence electrons. The molecule has 0 atom stereocenters. The van der Waals surface area contributed by atoms with Crippen LogP contribution in [0.3, 0.4) is 0 Å². The Morgan fingerprint density at radius 2 is 1.31 bits per heavy atom. The highest BCUT2D eigenvalue weighted by Gasteiger charge is 2.14. The van der Waals surface area contributed by atoms with Gasteiger partial charge in [-0.2, -0.15) is 0 Å². The molecular weight excluding hydrogens is 324 g/mol.